The third-order valence-corrected chi connectivity index (χ3v) is 2.89. The van der Waals surface area contributed by atoms with Crippen molar-refractivity contribution in [3.63, 3.8) is 0 Å². The summed E-state index contributed by atoms with van der Waals surface area (Å²) in [6, 6.07) is 1.92. The molecule has 1 amide bonds. The molecule has 0 saturated heterocycles. The molecular formula is C11H18N2O. The molecule has 0 spiro atoms. The fourth-order valence-electron chi connectivity index (χ4n) is 1.62. The van der Waals surface area contributed by atoms with Gasteiger partial charge in [0.2, 0.25) is 5.91 Å². The Morgan fingerprint density at radius 3 is 2.43 bits per heavy atom. The minimum atomic E-state index is -0.247. The predicted molar refractivity (Wildman–Crippen MR) is 54.3 cm³/mol. The Labute approximate surface area is 85.5 Å². The SMILES string of the molecule is CCC(CC)C(=O)NC(C#N)C1CC1. The summed E-state index contributed by atoms with van der Waals surface area (Å²) in [5.41, 5.74) is 0. The number of hydrogen-bond donors (Lipinski definition) is 1. The van der Waals surface area contributed by atoms with Gasteiger partial charge in [0.25, 0.3) is 0 Å². The predicted octanol–water partition coefficient (Wildman–Crippen LogP) is 1.84. The minimum Gasteiger partial charge on any atom is -0.340 e. The zero-order valence-electron chi connectivity index (χ0n) is 8.92. The maximum Gasteiger partial charge on any atom is 0.224 e. The monoisotopic (exact) mass is 194 g/mol. The number of nitrogens with zero attached hydrogens (tertiary/aromatic N) is 1. The molecule has 1 saturated carbocycles. The molecule has 1 rings (SSSR count). The van der Waals surface area contributed by atoms with Crippen LogP contribution in [0.2, 0.25) is 0 Å². The molecule has 3 heteroatoms. The van der Waals surface area contributed by atoms with E-state index in [1.54, 1.807) is 0 Å². The molecule has 1 fully saturated rings. The molecule has 0 radical (unpaired) electrons. The highest BCUT2D eigenvalue weighted by Gasteiger charge is 2.33. The number of nitriles is 1. The lowest BCUT2D eigenvalue weighted by atomic mass is 10.0. The lowest BCUT2D eigenvalue weighted by molar-refractivity contribution is -0.125. The highest BCUT2D eigenvalue weighted by molar-refractivity contribution is 5.79. The topological polar surface area (TPSA) is 52.9 Å². The molecule has 78 valence electrons. The van der Waals surface area contributed by atoms with Crippen LogP contribution in [0.1, 0.15) is 39.5 Å². The molecule has 1 N–H and O–H groups in total. The molecule has 0 aliphatic heterocycles. The summed E-state index contributed by atoms with van der Waals surface area (Å²) in [5, 5.41) is 11.7. The normalized spacial score (nSPS) is 17.6. The van der Waals surface area contributed by atoms with Crippen molar-refractivity contribution < 1.29 is 4.79 Å². The second-order valence-electron chi connectivity index (χ2n) is 3.97. The van der Waals surface area contributed by atoms with E-state index in [1.807, 2.05) is 13.8 Å². The highest BCUT2D eigenvalue weighted by Crippen LogP contribution is 2.32. The van der Waals surface area contributed by atoms with Crippen LogP contribution >= 0.6 is 0 Å². The Morgan fingerprint density at radius 2 is 2.07 bits per heavy atom. The average Bonchev–Trinajstić information content (AvgIpc) is 2.99. The van der Waals surface area contributed by atoms with Crippen LogP contribution in [0.15, 0.2) is 0 Å². The van der Waals surface area contributed by atoms with Gasteiger partial charge >= 0.3 is 0 Å². The van der Waals surface area contributed by atoms with Crippen LogP contribution in [0.25, 0.3) is 0 Å². The zero-order valence-corrected chi connectivity index (χ0v) is 8.92. The first-order valence-electron chi connectivity index (χ1n) is 5.42. The maximum absolute atomic E-state index is 11.6. The van der Waals surface area contributed by atoms with Gasteiger partial charge in [-0.15, -0.1) is 0 Å². The number of carbonyl (C=O) groups excluding carboxylic acids is 1. The number of carbonyl (C=O) groups is 1. The van der Waals surface area contributed by atoms with Crippen molar-refractivity contribution in [2.45, 2.75) is 45.6 Å². The second-order valence-corrected chi connectivity index (χ2v) is 3.97. The van der Waals surface area contributed by atoms with Crippen molar-refractivity contribution >= 4 is 5.91 Å². The van der Waals surface area contributed by atoms with E-state index in [-0.39, 0.29) is 17.9 Å². The van der Waals surface area contributed by atoms with Crippen molar-refractivity contribution in [3.05, 3.63) is 0 Å². The van der Waals surface area contributed by atoms with Gasteiger partial charge in [0.15, 0.2) is 0 Å². The molecule has 1 aliphatic carbocycles. The summed E-state index contributed by atoms with van der Waals surface area (Å²) >= 11 is 0. The molecule has 0 bridgehead atoms. The largest absolute Gasteiger partial charge is 0.340 e. The van der Waals surface area contributed by atoms with Crippen molar-refractivity contribution in [1.82, 2.24) is 5.32 Å². The Morgan fingerprint density at radius 1 is 1.50 bits per heavy atom. The maximum atomic E-state index is 11.6. The van der Waals surface area contributed by atoms with Gasteiger partial charge < -0.3 is 5.32 Å². The third-order valence-electron chi connectivity index (χ3n) is 2.89. The number of amides is 1. The van der Waals surface area contributed by atoms with Gasteiger partial charge in [-0.2, -0.15) is 5.26 Å². The van der Waals surface area contributed by atoms with Crippen LogP contribution < -0.4 is 5.32 Å². The van der Waals surface area contributed by atoms with E-state index in [0.717, 1.165) is 25.7 Å². The van der Waals surface area contributed by atoms with E-state index in [9.17, 15) is 4.79 Å². The van der Waals surface area contributed by atoms with Crippen molar-refractivity contribution in [2.24, 2.45) is 11.8 Å². The molecule has 1 atom stereocenters. The molecule has 0 heterocycles. The number of rotatable bonds is 5. The Hall–Kier alpha value is -1.04. The summed E-state index contributed by atoms with van der Waals surface area (Å²) in [6.07, 6.45) is 3.87. The van der Waals surface area contributed by atoms with Gasteiger partial charge in [-0.3, -0.25) is 4.79 Å². The fourth-order valence-corrected chi connectivity index (χ4v) is 1.62. The Bertz CT molecular complexity index is 236. The minimum absolute atomic E-state index is 0.0495. The molecule has 1 aliphatic rings. The Balaban J connectivity index is 2.41. The van der Waals surface area contributed by atoms with Crippen LogP contribution in [0, 0.1) is 23.2 Å². The Kier molecular flexibility index (Phi) is 3.94. The molecule has 0 aromatic rings. The summed E-state index contributed by atoms with van der Waals surface area (Å²) in [4.78, 5) is 11.6. The number of hydrogen-bond acceptors (Lipinski definition) is 2. The van der Waals surface area contributed by atoms with Gasteiger partial charge in [-0.25, -0.2) is 0 Å². The lowest BCUT2D eigenvalue weighted by Gasteiger charge is -2.15. The van der Waals surface area contributed by atoms with Gasteiger partial charge in [-0.05, 0) is 31.6 Å². The van der Waals surface area contributed by atoms with E-state index < -0.39 is 0 Å². The van der Waals surface area contributed by atoms with E-state index in [0.29, 0.717) is 5.92 Å². The molecular weight excluding hydrogens is 176 g/mol. The third kappa shape index (κ3) is 2.73. The van der Waals surface area contributed by atoms with Crippen LogP contribution in [0.3, 0.4) is 0 Å². The molecule has 3 nitrogen and oxygen atoms in total. The summed E-state index contributed by atoms with van der Waals surface area (Å²) in [5.74, 6) is 0.538. The molecule has 0 aromatic heterocycles. The van der Waals surface area contributed by atoms with Crippen molar-refractivity contribution in [1.29, 1.82) is 5.26 Å². The quantitative estimate of drug-likeness (QED) is 0.726. The smallest absolute Gasteiger partial charge is 0.224 e. The molecule has 0 aromatic carbocycles. The van der Waals surface area contributed by atoms with Crippen LogP contribution in [-0.2, 0) is 4.79 Å². The van der Waals surface area contributed by atoms with E-state index >= 15 is 0 Å². The fraction of sp³-hybridized carbons (Fsp3) is 0.818. The first kappa shape index (κ1) is 11.0. The second kappa shape index (κ2) is 4.99. The molecule has 1 unspecified atom stereocenters. The van der Waals surface area contributed by atoms with Crippen LogP contribution in [0.4, 0.5) is 0 Å². The van der Waals surface area contributed by atoms with Crippen LogP contribution in [0.5, 0.6) is 0 Å². The molecule has 14 heavy (non-hydrogen) atoms. The van der Waals surface area contributed by atoms with E-state index in [4.69, 9.17) is 5.26 Å². The zero-order chi connectivity index (χ0) is 10.6. The standard InChI is InChI=1S/C11H18N2O/c1-3-8(4-2)11(14)13-10(7-12)9-5-6-9/h8-10H,3-6H2,1-2H3,(H,13,14). The van der Waals surface area contributed by atoms with Gasteiger partial charge in [-0.1, -0.05) is 13.8 Å². The summed E-state index contributed by atoms with van der Waals surface area (Å²) in [6.45, 7) is 4.01. The first-order chi connectivity index (χ1) is 6.72. The average molecular weight is 194 g/mol. The highest BCUT2D eigenvalue weighted by atomic mass is 16.1. The van der Waals surface area contributed by atoms with Crippen molar-refractivity contribution in [3.8, 4) is 6.07 Å². The van der Waals surface area contributed by atoms with Gasteiger partial charge in [0.05, 0.1) is 6.07 Å². The first-order valence-corrected chi connectivity index (χ1v) is 5.42. The van der Waals surface area contributed by atoms with E-state index in [2.05, 4.69) is 11.4 Å². The van der Waals surface area contributed by atoms with Gasteiger partial charge in [0.1, 0.15) is 6.04 Å². The number of nitrogens with one attached hydrogen (secondary N) is 1. The van der Waals surface area contributed by atoms with Crippen molar-refractivity contribution in [2.75, 3.05) is 0 Å². The van der Waals surface area contributed by atoms with Crippen LogP contribution in [-0.4, -0.2) is 11.9 Å². The summed E-state index contributed by atoms with van der Waals surface area (Å²) in [7, 11) is 0. The lowest BCUT2D eigenvalue weighted by Crippen LogP contribution is -2.39. The van der Waals surface area contributed by atoms with E-state index in [1.165, 1.54) is 0 Å². The summed E-state index contributed by atoms with van der Waals surface area (Å²) < 4.78 is 0. The van der Waals surface area contributed by atoms with Gasteiger partial charge in [0, 0.05) is 5.92 Å².